The largest absolute Gasteiger partial charge is 0.372 e. The lowest BCUT2D eigenvalue weighted by molar-refractivity contribution is -0.0277. The van der Waals surface area contributed by atoms with Crippen LogP contribution in [0.5, 0.6) is 0 Å². The van der Waals surface area contributed by atoms with Crippen LogP contribution in [0.15, 0.2) is 24.3 Å². The van der Waals surface area contributed by atoms with Gasteiger partial charge in [-0.3, -0.25) is 0 Å². The van der Waals surface area contributed by atoms with Crippen molar-refractivity contribution < 1.29 is 4.74 Å². The molecule has 0 aromatic heterocycles. The summed E-state index contributed by atoms with van der Waals surface area (Å²) in [5.41, 5.74) is 2.68. The van der Waals surface area contributed by atoms with E-state index in [4.69, 9.17) is 4.74 Å². The number of para-hydroxylation sites is 1. The zero-order valence-electron chi connectivity index (χ0n) is 12.6. The molecule has 1 unspecified atom stereocenters. The van der Waals surface area contributed by atoms with Crippen LogP contribution in [0, 0.1) is 0 Å². The number of ether oxygens (including phenoxy) is 1. The Hall–Kier alpha value is -1.06. The number of benzene rings is 1. The standard InChI is InChI=1S/C16H26N2O/c1-5-14(17-4)13-8-6-7-9-15(13)18-10-11-19-16(2,3)12-18/h6-9,14,17H,5,10-12H2,1-4H3. The Balaban J connectivity index is 2.29. The molecule has 3 heteroatoms. The Kier molecular flexibility index (Phi) is 4.48. The summed E-state index contributed by atoms with van der Waals surface area (Å²) in [4.78, 5) is 2.46. The van der Waals surface area contributed by atoms with Crippen molar-refractivity contribution in [2.45, 2.75) is 38.8 Å². The van der Waals surface area contributed by atoms with Crippen LogP contribution >= 0.6 is 0 Å². The summed E-state index contributed by atoms with van der Waals surface area (Å²) in [5, 5.41) is 3.41. The monoisotopic (exact) mass is 262 g/mol. The molecule has 0 aliphatic carbocycles. The minimum absolute atomic E-state index is 0.0628. The molecule has 0 spiro atoms. The molecule has 0 saturated carbocycles. The molecule has 1 fully saturated rings. The van der Waals surface area contributed by atoms with Crippen molar-refractivity contribution in [2.24, 2.45) is 0 Å². The lowest BCUT2D eigenvalue weighted by Gasteiger charge is -2.40. The molecule has 0 amide bonds. The number of anilines is 1. The Morgan fingerprint density at radius 2 is 2.11 bits per heavy atom. The maximum absolute atomic E-state index is 5.81. The van der Waals surface area contributed by atoms with Crippen LogP contribution in [0.2, 0.25) is 0 Å². The average molecular weight is 262 g/mol. The first-order valence-electron chi connectivity index (χ1n) is 7.22. The topological polar surface area (TPSA) is 24.5 Å². The minimum atomic E-state index is -0.0628. The molecule has 1 heterocycles. The van der Waals surface area contributed by atoms with E-state index in [-0.39, 0.29) is 5.60 Å². The van der Waals surface area contributed by atoms with Crippen molar-refractivity contribution in [1.29, 1.82) is 0 Å². The molecule has 1 aliphatic rings. The van der Waals surface area contributed by atoms with Gasteiger partial charge < -0.3 is 15.0 Å². The van der Waals surface area contributed by atoms with Crippen LogP contribution in [-0.4, -0.2) is 32.3 Å². The van der Waals surface area contributed by atoms with Gasteiger partial charge in [-0.25, -0.2) is 0 Å². The van der Waals surface area contributed by atoms with Gasteiger partial charge in [-0.15, -0.1) is 0 Å². The number of morpholine rings is 1. The summed E-state index contributed by atoms with van der Waals surface area (Å²) in [6.07, 6.45) is 1.10. The first-order valence-corrected chi connectivity index (χ1v) is 7.22. The Morgan fingerprint density at radius 3 is 2.74 bits per heavy atom. The van der Waals surface area contributed by atoms with Crippen LogP contribution in [-0.2, 0) is 4.74 Å². The van der Waals surface area contributed by atoms with Gasteiger partial charge in [0, 0.05) is 24.8 Å². The number of rotatable bonds is 4. The second kappa shape index (κ2) is 5.93. The van der Waals surface area contributed by atoms with Gasteiger partial charge in [-0.05, 0) is 38.9 Å². The van der Waals surface area contributed by atoms with E-state index >= 15 is 0 Å². The number of hydrogen-bond acceptors (Lipinski definition) is 3. The van der Waals surface area contributed by atoms with Gasteiger partial charge in [0.1, 0.15) is 0 Å². The zero-order chi connectivity index (χ0) is 13.9. The SMILES string of the molecule is CCC(NC)c1ccccc1N1CCOC(C)(C)C1. The molecule has 19 heavy (non-hydrogen) atoms. The van der Waals surface area contributed by atoms with Crippen LogP contribution < -0.4 is 10.2 Å². The van der Waals surface area contributed by atoms with Gasteiger partial charge >= 0.3 is 0 Å². The van der Waals surface area contributed by atoms with E-state index in [0.717, 1.165) is 26.1 Å². The highest BCUT2D eigenvalue weighted by Gasteiger charge is 2.28. The molecule has 2 rings (SSSR count). The molecule has 1 aromatic rings. The van der Waals surface area contributed by atoms with E-state index in [9.17, 15) is 0 Å². The van der Waals surface area contributed by atoms with E-state index in [0.29, 0.717) is 6.04 Å². The normalized spacial score (nSPS) is 20.3. The highest BCUT2D eigenvalue weighted by molar-refractivity contribution is 5.55. The Labute approximate surface area is 116 Å². The average Bonchev–Trinajstić information content (AvgIpc) is 2.39. The highest BCUT2D eigenvalue weighted by Crippen LogP contribution is 2.30. The predicted octanol–water partition coefficient (Wildman–Crippen LogP) is 2.97. The van der Waals surface area contributed by atoms with Crippen molar-refractivity contribution in [1.82, 2.24) is 5.32 Å². The summed E-state index contributed by atoms with van der Waals surface area (Å²) >= 11 is 0. The molecule has 1 N–H and O–H groups in total. The lowest BCUT2D eigenvalue weighted by atomic mass is 9.99. The molecule has 106 valence electrons. The molecule has 0 bridgehead atoms. The maximum Gasteiger partial charge on any atom is 0.0801 e. The quantitative estimate of drug-likeness (QED) is 0.903. The molecule has 0 radical (unpaired) electrons. The van der Waals surface area contributed by atoms with E-state index < -0.39 is 0 Å². The molecule has 3 nitrogen and oxygen atoms in total. The van der Waals surface area contributed by atoms with Crippen molar-refractivity contribution in [2.75, 3.05) is 31.6 Å². The summed E-state index contributed by atoms with van der Waals surface area (Å²) in [7, 11) is 2.04. The van der Waals surface area contributed by atoms with Crippen molar-refractivity contribution in [3.05, 3.63) is 29.8 Å². The smallest absolute Gasteiger partial charge is 0.0801 e. The zero-order valence-corrected chi connectivity index (χ0v) is 12.6. The maximum atomic E-state index is 5.81. The highest BCUT2D eigenvalue weighted by atomic mass is 16.5. The summed E-state index contributed by atoms with van der Waals surface area (Å²) in [6.45, 7) is 9.28. The first kappa shape index (κ1) is 14.4. The number of hydrogen-bond donors (Lipinski definition) is 1. The van der Waals surface area contributed by atoms with Crippen molar-refractivity contribution in [3.8, 4) is 0 Å². The Bertz CT molecular complexity index is 413. The second-order valence-corrected chi connectivity index (χ2v) is 5.84. The van der Waals surface area contributed by atoms with Crippen LogP contribution in [0.25, 0.3) is 0 Å². The molecule has 1 saturated heterocycles. The van der Waals surface area contributed by atoms with Gasteiger partial charge in [0.05, 0.1) is 12.2 Å². The van der Waals surface area contributed by atoms with E-state index in [1.54, 1.807) is 0 Å². The molecular weight excluding hydrogens is 236 g/mol. The van der Waals surface area contributed by atoms with Crippen LogP contribution in [0.1, 0.15) is 38.8 Å². The van der Waals surface area contributed by atoms with Crippen molar-refractivity contribution in [3.63, 3.8) is 0 Å². The second-order valence-electron chi connectivity index (χ2n) is 5.84. The Morgan fingerprint density at radius 1 is 1.37 bits per heavy atom. The fraction of sp³-hybridized carbons (Fsp3) is 0.625. The number of nitrogens with one attached hydrogen (secondary N) is 1. The summed E-state index contributed by atoms with van der Waals surface area (Å²) in [5.74, 6) is 0. The van der Waals surface area contributed by atoms with Gasteiger partial charge in [-0.1, -0.05) is 25.1 Å². The molecule has 1 aromatic carbocycles. The molecule has 1 aliphatic heterocycles. The van der Waals surface area contributed by atoms with Gasteiger partial charge in [0.25, 0.3) is 0 Å². The van der Waals surface area contributed by atoms with E-state index in [1.165, 1.54) is 11.3 Å². The van der Waals surface area contributed by atoms with E-state index in [2.05, 4.69) is 55.3 Å². The van der Waals surface area contributed by atoms with Crippen molar-refractivity contribution >= 4 is 5.69 Å². The van der Waals surface area contributed by atoms with Crippen LogP contribution in [0.4, 0.5) is 5.69 Å². The van der Waals surface area contributed by atoms with E-state index in [1.807, 2.05) is 7.05 Å². The third-order valence-corrected chi connectivity index (χ3v) is 3.84. The molecule has 1 atom stereocenters. The fourth-order valence-electron chi connectivity index (χ4n) is 2.87. The third-order valence-electron chi connectivity index (χ3n) is 3.84. The summed E-state index contributed by atoms with van der Waals surface area (Å²) in [6, 6.07) is 9.15. The third kappa shape index (κ3) is 3.28. The number of nitrogens with zero attached hydrogens (tertiary/aromatic N) is 1. The summed E-state index contributed by atoms with van der Waals surface area (Å²) < 4.78 is 5.81. The fourth-order valence-corrected chi connectivity index (χ4v) is 2.87. The first-order chi connectivity index (χ1) is 9.07. The van der Waals surface area contributed by atoms with Gasteiger partial charge in [0.15, 0.2) is 0 Å². The van der Waals surface area contributed by atoms with Gasteiger partial charge in [-0.2, -0.15) is 0 Å². The molecular formula is C16H26N2O. The van der Waals surface area contributed by atoms with Crippen LogP contribution in [0.3, 0.4) is 0 Å². The minimum Gasteiger partial charge on any atom is -0.372 e. The predicted molar refractivity (Wildman–Crippen MR) is 80.8 cm³/mol. The van der Waals surface area contributed by atoms with Gasteiger partial charge in [0.2, 0.25) is 0 Å². The lowest BCUT2D eigenvalue weighted by Crippen LogP contribution is -2.48.